The average molecular weight is 301 g/mol. The van der Waals surface area contributed by atoms with Crippen molar-refractivity contribution in [3.63, 3.8) is 0 Å². The molecular weight excluding hydrogens is 287 g/mol. The van der Waals surface area contributed by atoms with E-state index in [0.29, 0.717) is 19.5 Å². The maximum absolute atomic E-state index is 13.3. The van der Waals surface area contributed by atoms with Gasteiger partial charge >= 0.3 is 0 Å². The molecule has 0 spiro atoms. The molecule has 0 bridgehead atoms. The van der Waals surface area contributed by atoms with Crippen LogP contribution in [0.15, 0.2) is 18.2 Å². The van der Waals surface area contributed by atoms with Gasteiger partial charge in [-0.05, 0) is 24.5 Å². The van der Waals surface area contributed by atoms with Gasteiger partial charge in [-0.3, -0.25) is 14.9 Å². The van der Waals surface area contributed by atoms with Crippen molar-refractivity contribution in [2.75, 3.05) is 13.1 Å². The zero-order valence-corrected chi connectivity index (χ0v) is 11.6. The fourth-order valence-electron chi connectivity index (χ4n) is 2.31. The number of alkyl halides is 1. The van der Waals surface area contributed by atoms with Crippen LogP contribution in [0.4, 0.5) is 10.1 Å². The maximum Gasteiger partial charge on any atom is 0.282 e. The first-order chi connectivity index (χ1) is 9.40. The maximum atomic E-state index is 13.3. The summed E-state index contributed by atoms with van der Waals surface area (Å²) in [7, 11) is 0. The molecule has 2 atom stereocenters. The summed E-state index contributed by atoms with van der Waals surface area (Å²) in [5.41, 5.74) is -0.590. The second kappa shape index (κ2) is 5.75. The first-order valence-corrected chi connectivity index (χ1v) is 6.71. The number of nitro benzene ring substituents is 1. The van der Waals surface area contributed by atoms with Gasteiger partial charge < -0.3 is 4.90 Å². The Morgan fingerprint density at radius 1 is 1.55 bits per heavy atom. The molecule has 1 aliphatic rings. The number of hydrogen-bond acceptors (Lipinski definition) is 3. The minimum absolute atomic E-state index is 0.0125. The van der Waals surface area contributed by atoms with E-state index < -0.39 is 16.6 Å². The van der Waals surface area contributed by atoms with E-state index in [9.17, 15) is 19.3 Å². The molecular formula is C13H14ClFN2O3. The molecule has 1 aromatic rings. The van der Waals surface area contributed by atoms with Gasteiger partial charge in [-0.25, -0.2) is 4.39 Å². The molecule has 0 radical (unpaired) electrons. The summed E-state index contributed by atoms with van der Waals surface area (Å²) >= 11 is 6.08. The van der Waals surface area contributed by atoms with Gasteiger partial charge in [0, 0.05) is 24.5 Å². The molecule has 0 aromatic heterocycles. The van der Waals surface area contributed by atoms with Gasteiger partial charge in [-0.1, -0.05) is 6.92 Å². The van der Waals surface area contributed by atoms with Gasteiger partial charge in [0.1, 0.15) is 11.4 Å². The molecule has 1 aromatic carbocycles. The largest absolute Gasteiger partial charge is 0.338 e. The highest BCUT2D eigenvalue weighted by Crippen LogP contribution is 2.26. The standard InChI is InChI=1S/C13H14ClFN2O3/c1-8-7-16(5-4-11(8)14)13(18)10-6-9(15)2-3-12(10)17(19)20/h2-3,6,8,11H,4-5,7H2,1H3. The topological polar surface area (TPSA) is 63.5 Å². The molecule has 0 aliphatic carbocycles. The van der Waals surface area contributed by atoms with Gasteiger partial charge in [0.25, 0.3) is 11.6 Å². The lowest BCUT2D eigenvalue weighted by Gasteiger charge is -2.34. The molecule has 1 aliphatic heterocycles. The molecule has 5 nitrogen and oxygen atoms in total. The van der Waals surface area contributed by atoms with Gasteiger partial charge in [-0.15, -0.1) is 11.6 Å². The van der Waals surface area contributed by atoms with Crippen LogP contribution in [-0.2, 0) is 0 Å². The van der Waals surface area contributed by atoms with E-state index in [-0.39, 0.29) is 22.5 Å². The molecule has 2 rings (SSSR count). The molecule has 20 heavy (non-hydrogen) atoms. The Morgan fingerprint density at radius 2 is 2.25 bits per heavy atom. The third kappa shape index (κ3) is 2.90. The summed E-state index contributed by atoms with van der Waals surface area (Å²) in [6.07, 6.45) is 0.623. The number of halogens is 2. The summed E-state index contributed by atoms with van der Waals surface area (Å²) in [4.78, 5) is 24.1. The molecule has 7 heteroatoms. The van der Waals surface area contributed by atoms with Crippen LogP contribution >= 0.6 is 11.6 Å². The van der Waals surface area contributed by atoms with E-state index >= 15 is 0 Å². The van der Waals surface area contributed by atoms with Crippen molar-refractivity contribution < 1.29 is 14.1 Å². The fourth-order valence-corrected chi connectivity index (χ4v) is 2.49. The number of piperidine rings is 1. The number of benzene rings is 1. The Hall–Kier alpha value is -1.69. The first-order valence-electron chi connectivity index (χ1n) is 6.27. The summed E-state index contributed by atoms with van der Waals surface area (Å²) < 4.78 is 13.3. The van der Waals surface area contributed by atoms with E-state index in [0.717, 1.165) is 18.2 Å². The Kier molecular flexibility index (Phi) is 4.23. The zero-order valence-electron chi connectivity index (χ0n) is 10.9. The number of amides is 1. The molecule has 2 unspecified atom stereocenters. The molecule has 1 saturated heterocycles. The predicted molar refractivity (Wildman–Crippen MR) is 72.4 cm³/mol. The molecule has 108 valence electrons. The molecule has 1 fully saturated rings. The van der Waals surface area contributed by atoms with Gasteiger partial charge in [0.05, 0.1) is 4.92 Å². The molecule has 0 N–H and O–H groups in total. The Morgan fingerprint density at radius 3 is 2.85 bits per heavy atom. The van der Waals surface area contributed by atoms with Crippen LogP contribution in [0.2, 0.25) is 0 Å². The van der Waals surface area contributed by atoms with Crippen molar-refractivity contribution in [1.29, 1.82) is 0 Å². The number of carbonyl (C=O) groups excluding carboxylic acids is 1. The first kappa shape index (κ1) is 14.7. The number of nitrogens with zero attached hydrogens (tertiary/aromatic N) is 2. The van der Waals surface area contributed by atoms with Crippen molar-refractivity contribution in [3.8, 4) is 0 Å². The van der Waals surface area contributed by atoms with E-state index in [1.807, 2.05) is 6.92 Å². The van der Waals surface area contributed by atoms with Crippen LogP contribution in [-0.4, -0.2) is 34.2 Å². The molecule has 1 heterocycles. The average Bonchev–Trinajstić information content (AvgIpc) is 2.40. The minimum Gasteiger partial charge on any atom is -0.338 e. The number of rotatable bonds is 2. The third-order valence-corrected chi connectivity index (χ3v) is 4.12. The summed E-state index contributed by atoms with van der Waals surface area (Å²) in [6.45, 7) is 2.75. The minimum atomic E-state index is -0.676. The normalized spacial score (nSPS) is 22.6. The summed E-state index contributed by atoms with van der Waals surface area (Å²) in [5, 5.41) is 10.9. The second-order valence-corrected chi connectivity index (χ2v) is 5.51. The lowest BCUT2D eigenvalue weighted by Crippen LogP contribution is -2.43. The van der Waals surface area contributed by atoms with E-state index in [1.165, 1.54) is 4.90 Å². The predicted octanol–water partition coefficient (Wildman–Crippen LogP) is 2.82. The summed E-state index contributed by atoms with van der Waals surface area (Å²) in [6, 6.07) is 2.90. The SMILES string of the molecule is CC1CN(C(=O)c2cc(F)ccc2[N+](=O)[O-])CCC1Cl. The van der Waals surface area contributed by atoms with Crippen LogP contribution in [0, 0.1) is 21.8 Å². The van der Waals surface area contributed by atoms with Crippen LogP contribution in [0.1, 0.15) is 23.7 Å². The summed E-state index contributed by atoms with van der Waals surface area (Å²) in [5.74, 6) is -1.09. The highest BCUT2D eigenvalue weighted by Gasteiger charge is 2.31. The van der Waals surface area contributed by atoms with Crippen LogP contribution in [0.3, 0.4) is 0 Å². The van der Waals surface area contributed by atoms with Gasteiger partial charge in [-0.2, -0.15) is 0 Å². The van der Waals surface area contributed by atoms with Crippen molar-refractivity contribution in [2.45, 2.75) is 18.7 Å². The van der Waals surface area contributed by atoms with E-state index in [1.54, 1.807) is 0 Å². The highest BCUT2D eigenvalue weighted by atomic mass is 35.5. The Bertz CT molecular complexity index is 552. The van der Waals surface area contributed by atoms with E-state index in [4.69, 9.17) is 11.6 Å². The van der Waals surface area contributed by atoms with Crippen molar-refractivity contribution >= 4 is 23.2 Å². The number of nitro groups is 1. The number of likely N-dealkylation sites (tertiary alicyclic amines) is 1. The molecule has 1 amide bonds. The Labute approximate surface area is 120 Å². The van der Waals surface area contributed by atoms with Crippen LogP contribution < -0.4 is 0 Å². The lowest BCUT2D eigenvalue weighted by molar-refractivity contribution is -0.385. The van der Waals surface area contributed by atoms with Gasteiger partial charge in [0.2, 0.25) is 0 Å². The Balaban J connectivity index is 2.29. The van der Waals surface area contributed by atoms with Crippen LogP contribution in [0.25, 0.3) is 0 Å². The fraction of sp³-hybridized carbons (Fsp3) is 0.462. The monoisotopic (exact) mass is 300 g/mol. The van der Waals surface area contributed by atoms with Crippen molar-refractivity contribution in [1.82, 2.24) is 4.90 Å². The zero-order chi connectivity index (χ0) is 14.9. The lowest BCUT2D eigenvalue weighted by atomic mass is 9.98. The highest BCUT2D eigenvalue weighted by molar-refractivity contribution is 6.20. The third-order valence-electron chi connectivity index (χ3n) is 3.47. The van der Waals surface area contributed by atoms with E-state index in [2.05, 4.69) is 0 Å². The van der Waals surface area contributed by atoms with Crippen molar-refractivity contribution in [2.24, 2.45) is 5.92 Å². The van der Waals surface area contributed by atoms with Gasteiger partial charge in [0.15, 0.2) is 0 Å². The second-order valence-electron chi connectivity index (χ2n) is 4.95. The number of hydrogen-bond donors (Lipinski definition) is 0. The molecule has 0 saturated carbocycles. The van der Waals surface area contributed by atoms with Crippen molar-refractivity contribution in [3.05, 3.63) is 39.7 Å². The quantitative estimate of drug-likeness (QED) is 0.479. The smallest absolute Gasteiger partial charge is 0.282 e. The number of carbonyl (C=O) groups is 1. The van der Waals surface area contributed by atoms with Crippen LogP contribution in [0.5, 0.6) is 0 Å².